The molecule has 1 aromatic rings. The fourth-order valence-electron chi connectivity index (χ4n) is 1.44. The van der Waals surface area contributed by atoms with Crippen LogP contribution in [0, 0.1) is 11.7 Å². The first kappa shape index (κ1) is 11.3. The molecule has 0 saturated heterocycles. The van der Waals surface area contributed by atoms with E-state index in [-0.39, 0.29) is 11.9 Å². The van der Waals surface area contributed by atoms with Gasteiger partial charge in [-0.1, -0.05) is 34.7 Å². The van der Waals surface area contributed by atoms with E-state index in [4.69, 9.17) is 4.74 Å². The summed E-state index contributed by atoms with van der Waals surface area (Å²) < 4.78 is 19.5. The molecule has 1 nitrogen and oxygen atoms in total. The van der Waals surface area contributed by atoms with Crippen LogP contribution in [-0.4, -0.2) is 11.0 Å². The van der Waals surface area contributed by atoms with Crippen molar-refractivity contribution in [3.63, 3.8) is 0 Å². The van der Waals surface area contributed by atoms with E-state index in [1.54, 1.807) is 0 Å². The second kappa shape index (κ2) is 5.25. The summed E-state index contributed by atoms with van der Waals surface area (Å²) in [5, 5.41) is 0. The zero-order valence-corrected chi connectivity index (χ0v) is 10.6. The summed E-state index contributed by atoms with van der Waals surface area (Å²) >= 11 is 2.31. The van der Waals surface area contributed by atoms with Gasteiger partial charge >= 0.3 is 0 Å². The van der Waals surface area contributed by atoms with E-state index in [2.05, 4.69) is 22.6 Å². The molecule has 1 unspecified atom stereocenters. The van der Waals surface area contributed by atoms with Gasteiger partial charge in [0, 0.05) is 4.43 Å². The van der Waals surface area contributed by atoms with Crippen molar-refractivity contribution >= 4 is 22.6 Å². The van der Waals surface area contributed by atoms with Gasteiger partial charge in [-0.25, -0.2) is 4.39 Å². The Morgan fingerprint density at radius 3 is 2.53 bits per heavy atom. The number of rotatable bonds is 5. The summed E-state index contributed by atoms with van der Waals surface area (Å²) in [6, 6.07) is 6.61. The average molecular weight is 320 g/mol. The highest BCUT2D eigenvalue weighted by Gasteiger charge is 2.23. The molecule has 0 radical (unpaired) electrons. The third kappa shape index (κ3) is 3.41. The summed E-state index contributed by atoms with van der Waals surface area (Å²) in [5.74, 6) is 0.587. The van der Waals surface area contributed by atoms with Gasteiger partial charge in [0.2, 0.25) is 0 Å². The molecular formula is C12H14FIO. The van der Waals surface area contributed by atoms with Gasteiger partial charge in [-0.05, 0) is 36.5 Å². The van der Waals surface area contributed by atoms with Gasteiger partial charge in [-0.2, -0.15) is 0 Å². The molecule has 0 aromatic heterocycles. The topological polar surface area (TPSA) is 9.23 Å². The molecule has 0 bridgehead atoms. The lowest BCUT2D eigenvalue weighted by molar-refractivity contribution is 0.0629. The maximum absolute atomic E-state index is 12.7. The van der Waals surface area contributed by atoms with Gasteiger partial charge in [-0.15, -0.1) is 0 Å². The molecule has 0 aliphatic heterocycles. The SMILES string of the molecule is Fc1ccc(C(CI)OCC2CC2)cc1. The Hall–Kier alpha value is -0.160. The molecule has 82 valence electrons. The van der Waals surface area contributed by atoms with Crippen LogP contribution < -0.4 is 0 Å². The molecule has 1 fully saturated rings. The van der Waals surface area contributed by atoms with E-state index in [1.807, 2.05) is 12.1 Å². The highest BCUT2D eigenvalue weighted by atomic mass is 127. The number of hydrogen-bond donors (Lipinski definition) is 0. The van der Waals surface area contributed by atoms with Crippen molar-refractivity contribution < 1.29 is 9.13 Å². The number of halogens is 2. The second-order valence-corrected chi connectivity index (χ2v) is 4.85. The largest absolute Gasteiger partial charge is 0.372 e. The monoisotopic (exact) mass is 320 g/mol. The van der Waals surface area contributed by atoms with Gasteiger partial charge in [0.1, 0.15) is 5.82 Å². The first-order valence-electron chi connectivity index (χ1n) is 5.22. The lowest BCUT2D eigenvalue weighted by atomic mass is 10.1. The minimum absolute atomic E-state index is 0.117. The third-order valence-corrected chi connectivity index (χ3v) is 3.41. The van der Waals surface area contributed by atoms with Crippen molar-refractivity contribution in [2.75, 3.05) is 11.0 Å². The minimum atomic E-state index is -0.187. The van der Waals surface area contributed by atoms with Crippen molar-refractivity contribution in [3.8, 4) is 0 Å². The Morgan fingerprint density at radius 1 is 1.33 bits per heavy atom. The van der Waals surface area contributed by atoms with Crippen molar-refractivity contribution in [1.29, 1.82) is 0 Å². The van der Waals surface area contributed by atoms with Crippen LogP contribution in [0.3, 0.4) is 0 Å². The van der Waals surface area contributed by atoms with Crippen LogP contribution in [-0.2, 0) is 4.74 Å². The van der Waals surface area contributed by atoms with Gasteiger partial charge in [0.05, 0.1) is 12.7 Å². The number of benzene rings is 1. The zero-order chi connectivity index (χ0) is 10.7. The molecule has 0 heterocycles. The van der Waals surface area contributed by atoms with Gasteiger partial charge < -0.3 is 4.74 Å². The van der Waals surface area contributed by atoms with E-state index < -0.39 is 0 Å². The van der Waals surface area contributed by atoms with Crippen molar-refractivity contribution in [3.05, 3.63) is 35.6 Å². The van der Waals surface area contributed by atoms with Crippen LogP contribution in [0.25, 0.3) is 0 Å². The third-order valence-electron chi connectivity index (χ3n) is 2.61. The molecule has 0 amide bonds. The Kier molecular flexibility index (Phi) is 3.97. The van der Waals surface area contributed by atoms with Crippen molar-refractivity contribution in [1.82, 2.24) is 0 Å². The van der Waals surface area contributed by atoms with Crippen LogP contribution in [0.4, 0.5) is 4.39 Å². The Bertz CT molecular complexity index is 308. The molecule has 3 heteroatoms. The van der Waals surface area contributed by atoms with Crippen molar-refractivity contribution in [2.24, 2.45) is 5.92 Å². The standard InChI is InChI=1S/C12H14FIO/c13-11-5-3-10(4-6-11)12(7-14)15-8-9-1-2-9/h3-6,9,12H,1-2,7-8H2. The van der Waals surface area contributed by atoms with Crippen LogP contribution in [0.5, 0.6) is 0 Å². The highest BCUT2D eigenvalue weighted by molar-refractivity contribution is 14.1. The Labute approximate surface area is 103 Å². The molecule has 0 spiro atoms. The molecule has 1 saturated carbocycles. The Morgan fingerprint density at radius 2 is 2.00 bits per heavy atom. The smallest absolute Gasteiger partial charge is 0.123 e. The molecule has 15 heavy (non-hydrogen) atoms. The summed E-state index contributed by atoms with van der Waals surface area (Å²) in [7, 11) is 0. The van der Waals surface area contributed by atoms with E-state index in [9.17, 15) is 4.39 Å². The van der Waals surface area contributed by atoms with Crippen LogP contribution in [0.1, 0.15) is 24.5 Å². The summed E-state index contributed by atoms with van der Waals surface area (Å²) in [4.78, 5) is 0. The fraction of sp³-hybridized carbons (Fsp3) is 0.500. The van der Waals surface area contributed by atoms with Gasteiger partial charge in [0.25, 0.3) is 0 Å². The molecule has 1 atom stereocenters. The minimum Gasteiger partial charge on any atom is -0.372 e. The second-order valence-electron chi connectivity index (χ2n) is 3.97. The molecular weight excluding hydrogens is 306 g/mol. The van der Waals surface area contributed by atoms with Crippen LogP contribution >= 0.6 is 22.6 Å². The van der Waals surface area contributed by atoms with E-state index in [1.165, 1.54) is 25.0 Å². The normalized spacial score (nSPS) is 17.7. The first-order valence-corrected chi connectivity index (χ1v) is 6.75. The Balaban J connectivity index is 1.94. The van der Waals surface area contributed by atoms with Gasteiger partial charge in [-0.3, -0.25) is 0 Å². The number of hydrogen-bond acceptors (Lipinski definition) is 1. The molecule has 1 aliphatic rings. The number of alkyl halides is 1. The summed E-state index contributed by atoms with van der Waals surface area (Å²) in [6.45, 7) is 0.852. The first-order chi connectivity index (χ1) is 7.29. The van der Waals surface area contributed by atoms with Crippen LogP contribution in [0.2, 0.25) is 0 Å². The molecule has 1 aromatic carbocycles. The molecule has 0 N–H and O–H groups in total. The maximum Gasteiger partial charge on any atom is 0.123 e. The summed E-state index contributed by atoms with van der Waals surface area (Å²) in [5.41, 5.74) is 1.08. The van der Waals surface area contributed by atoms with Crippen molar-refractivity contribution in [2.45, 2.75) is 18.9 Å². The lowest BCUT2D eigenvalue weighted by Crippen LogP contribution is -2.08. The quantitative estimate of drug-likeness (QED) is 0.593. The summed E-state index contributed by atoms with van der Waals surface area (Å²) in [6.07, 6.45) is 2.72. The predicted octanol–water partition coefficient (Wildman–Crippen LogP) is 3.73. The van der Waals surface area contributed by atoms with E-state index in [0.717, 1.165) is 22.5 Å². The van der Waals surface area contributed by atoms with E-state index in [0.29, 0.717) is 0 Å². The predicted molar refractivity (Wildman–Crippen MR) is 66.7 cm³/mol. The number of ether oxygens (including phenoxy) is 1. The van der Waals surface area contributed by atoms with E-state index >= 15 is 0 Å². The van der Waals surface area contributed by atoms with Gasteiger partial charge in [0.15, 0.2) is 0 Å². The van der Waals surface area contributed by atoms with Crippen LogP contribution in [0.15, 0.2) is 24.3 Å². The molecule has 2 rings (SSSR count). The lowest BCUT2D eigenvalue weighted by Gasteiger charge is -2.15. The fourth-order valence-corrected chi connectivity index (χ4v) is 2.21. The average Bonchev–Trinajstić information content (AvgIpc) is 3.05. The highest BCUT2D eigenvalue weighted by Crippen LogP contribution is 2.31. The zero-order valence-electron chi connectivity index (χ0n) is 8.46. The molecule has 1 aliphatic carbocycles. The maximum atomic E-state index is 12.7.